The maximum absolute atomic E-state index is 12.2. The predicted octanol–water partition coefficient (Wildman–Crippen LogP) is 4.09. The summed E-state index contributed by atoms with van der Waals surface area (Å²) in [4.78, 5) is 12.2. The highest BCUT2D eigenvalue weighted by Gasteiger charge is 2.17. The summed E-state index contributed by atoms with van der Waals surface area (Å²) in [6.45, 7) is 6.66. The summed E-state index contributed by atoms with van der Waals surface area (Å²) in [7, 11) is 0. The summed E-state index contributed by atoms with van der Waals surface area (Å²) in [5.74, 6) is 1.63. The molecule has 1 N–H and O–H groups in total. The molecule has 0 aliphatic carbocycles. The van der Waals surface area contributed by atoms with E-state index < -0.39 is 0 Å². The molecule has 2 heterocycles. The van der Waals surface area contributed by atoms with Crippen LogP contribution in [0.2, 0.25) is 5.02 Å². The number of aryl methyl sites for hydroxylation is 1. The van der Waals surface area contributed by atoms with Gasteiger partial charge in [-0.15, -0.1) is 16.8 Å². The van der Waals surface area contributed by atoms with Crippen molar-refractivity contribution in [2.24, 2.45) is 0 Å². The van der Waals surface area contributed by atoms with Crippen LogP contribution in [0.4, 0.5) is 0 Å². The van der Waals surface area contributed by atoms with Gasteiger partial charge in [-0.1, -0.05) is 41.6 Å². The molecular weight excluding hydrogens is 384 g/mol. The first kappa shape index (κ1) is 19.3. The number of thioether (sulfide) groups is 1. The Hall–Kier alpha value is -2.51. The maximum atomic E-state index is 12.2. The molecule has 0 bridgehead atoms. The lowest BCUT2D eigenvalue weighted by Crippen LogP contribution is -2.24. The summed E-state index contributed by atoms with van der Waals surface area (Å²) >= 11 is 7.20. The maximum Gasteiger partial charge on any atom is 0.230 e. The van der Waals surface area contributed by atoms with Crippen LogP contribution in [0.1, 0.15) is 11.3 Å². The minimum absolute atomic E-state index is 0.0795. The molecule has 2 aromatic heterocycles. The lowest BCUT2D eigenvalue weighted by Gasteiger charge is -2.08. The monoisotopic (exact) mass is 402 g/mol. The lowest BCUT2D eigenvalue weighted by molar-refractivity contribution is -0.118. The molecule has 0 saturated carbocycles. The number of carbonyl (C=O) groups excluding carboxylic acids is 1. The number of furan rings is 1. The molecule has 0 spiro atoms. The van der Waals surface area contributed by atoms with Crippen molar-refractivity contribution < 1.29 is 9.21 Å². The molecule has 8 heteroatoms. The second-order valence-corrected chi connectivity index (χ2v) is 7.17. The quantitative estimate of drug-likeness (QED) is 0.453. The van der Waals surface area contributed by atoms with E-state index in [0.717, 1.165) is 16.9 Å². The van der Waals surface area contributed by atoms with Crippen molar-refractivity contribution in [3.05, 3.63) is 65.6 Å². The van der Waals surface area contributed by atoms with Gasteiger partial charge in [0.25, 0.3) is 0 Å². The number of rotatable bonds is 8. The zero-order chi connectivity index (χ0) is 19.2. The van der Waals surface area contributed by atoms with E-state index in [1.165, 1.54) is 11.8 Å². The summed E-state index contributed by atoms with van der Waals surface area (Å²) in [5.41, 5.74) is 1.87. The normalized spacial score (nSPS) is 10.7. The van der Waals surface area contributed by atoms with Crippen LogP contribution in [0, 0.1) is 6.92 Å². The van der Waals surface area contributed by atoms with Gasteiger partial charge in [0.15, 0.2) is 11.0 Å². The number of allylic oxidation sites excluding steroid dienone is 1. The molecule has 0 unspecified atom stereocenters. The number of carbonyl (C=O) groups is 1. The summed E-state index contributed by atoms with van der Waals surface area (Å²) in [6.07, 6.45) is 3.39. The van der Waals surface area contributed by atoms with E-state index in [0.29, 0.717) is 29.1 Å². The number of hydrogen-bond acceptors (Lipinski definition) is 5. The van der Waals surface area contributed by atoms with E-state index >= 15 is 0 Å². The van der Waals surface area contributed by atoms with E-state index in [9.17, 15) is 4.79 Å². The Balaban J connectivity index is 1.62. The second-order valence-electron chi connectivity index (χ2n) is 5.79. The van der Waals surface area contributed by atoms with Crippen LogP contribution >= 0.6 is 23.4 Å². The highest BCUT2D eigenvalue weighted by Crippen LogP contribution is 2.27. The van der Waals surface area contributed by atoms with Crippen molar-refractivity contribution in [1.29, 1.82) is 0 Å². The van der Waals surface area contributed by atoms with Crippen LogP contribution < -0.4 is 5.32 Å². The number of hydrogen-bond donors (Lipinski definition) is 1. The van der Waals surface area contributed by atoms with Gasteiger partial charge in [0.05, 0.1) is 17.6 Å². The Morgan fingerprint density at radius 3 is 2.78 bits per heavy atom. The topological polar surface area (TPSA) is 73.0 Å². The number of halogens is 1. The lowest BCUT2D eigenvalue weighted by atomic mass is 10.2. The van der Waals surface area contributed by atoms with Gasteiger partial charge in [0, 0.05) is 18.1 Å². The molecule has 0 radical (unpaired) electrons. The summed E-state index contributed by atoms with van der Waals surface area (Å²) < 4.78 is 7.27. The molecule has 0 fully saturated rings. The molecule has 0 atom stereocenters. The Morgan fingerprint density at radius 1 is 1.33 bits per heavy atom. The van der Waals surface area contributed by atoms with Crippen molar-refractivity contribution in [3.8, 4) is 11.4 Å². The highest BCUT2D eigenvalue weighted by molar-refractivity contribution is 7.99. The van der Waals surface area contributed by atoms with Crippen LogP contribution in [-0.2, 0) is 17.9 Å². The number of nitrogens with one attached hydrogen (secondary N) is 1. The third-order valence-electron chi connectivity index (χ3n) is 3.86. The van der Waals surface area contributed by atoms with E-state index in [-0.39, 0.29) is 11.7 Å². The van der Waals surface area contributed by atoms with Crippen molar-refractivity contribution in [1.82, 2.24) is 20.1 Å². The Kier molecular flexibility index (Phi) is 6.36. The van der Waals surface area contributed by atoms with Crippen LogP contribution in [0.15, 0.2) is 58.8 Å². The molecular formula is C19H19ClN4O2S. The smallest absolute Gasteiger partial charge is 0.230 e. The van der Waals surface area contributed by atoms with Gasteiger partial charge in [-0.05, 0) is 30.7 Å². The molecule has 1 amide bonds. The number of amides is 1. The first-order valence-electron chi connectivity index (χ1n) is 8.31. The van der Waals surface area contributed by atoms with Gasteiger partial charge in [-0.3, -0.25) is 9.36 Å². The molecule has 0 aliphatic heterocycles. The summed E-state index contributed by atoms with van der Waals surface area (Å²) in [5, 5.41) is 12.7. The minimum Gasteiger partial charge on any atom is -0.469 e. The van der Waals surface area contributed by atoms with Crippen molar-refractivity contribution in [2.75, 3.05) is 5.75 Å². The Bertz CT molecular complexity index is 934. The van der Waals surface area contributed by atoms with Crippen LogP contribution in [0.25, 0.3) is 11.4 Å². The Labute approximate surface area is 166 Å². The first-order chi connectivity index (χ1) is 13.1. The molecule has 27 heavy (non-hydrogen) atoms. The van der Waals surface area contributed by atoms with E-state index in [4.69, 9.17) is 16.0 Å². The number of benzene rings is 1. The Morgan fingerprint density at radius 2 is 2.11 bits per heavy atom. The van der Waals surface area contributed by atoms with Crippen molar-refractivity contribution in [3.63, 3.8) is 0 Å². The van der Waals surface area contributed by atoms with E-state index in [1.54, 1.807) is 24.5 Å². The van der Waals surface area contributed by atoms with Crippen LogP contribution in [0.5, 0.6) is 0 Å². The fourth-order valence-corrected chi connectivity index (χ4v) is 3.39. The molecule has 3 aromatic rings. The predicted molar refractivity (Wildman–Crippen MR) is 107 cm³/mol. The van der Waals surface area contributed by atoms with Crippen molar-refractivity contribution >= 4 is 29.3 Å². The molecule has 0 saturated heterocycles. The largest absolute Gasteiger partial charge is 0.469 e. The minimum atomic E-state index is -0.0795. The average molecular weight is 403 g/mol. The van der Waals surface area contributed by atoms with Gasteiger partial charge >= 0.3 is 0 Å². The SMILES string of the molecule is C=CCn1c(SCC(=O)NCc2ccc(Cl)cc2)nnc1-c1ccoc1C. The fraction of sp³-hybridized carbons (Fsp3) is 0.211. The van der Waals surface area contributed by atoms with E-state index in [2.05, 4.69) is 22.1 Å². The number of aromatic nitrogens is 3. The number of nitrogens with zero attached hydrogens (tertiary/aromatic N) is 3. The zero-order valence-corrected chi connectivity index (χ0v) is 16.4. The van der Waals surface area contributed by atoms with Crippen LogP contribution in [0.3, 0.4) is 0 Å². The first-order valence-corrected chi connectivity index (χ1v) is 9.67. The van der Waals surface area contributed by atoms with Gasteiger partial charge in [-0.2, -0.15) is 0 Å². The third kappa shape index (κ3) is 4.81. The third-order valence-corrected chi connectivity index (χ3v) is 5.08. The fourth-order valence-electron chi connectivity index (χ4n) is 2.49. The van der Waals surface area contributed by atoms with Gasteiger partial charge in [0.2, 0.25) is 5.91 Å². The van der Waals surface area contributed by atoms with Gasteiger partial charge < -0.3 is 9.73 Å². The zero-order valence-electron chi connectivity index (χ0n) is 14.8. The molecule has 3 rings (SSSR count). The molecule has 6 nitrogen and oxygen atoms in total. The van der Waals surface area contributed by atoms with Crippen molar-refractivity contribution in [2.45, 2.75) is 25.2 Å². The standard InChI is InChI=1S/C19H19ClN4O2S/c1-3-9-24-18(16-8-10-26-13(16)2)22-23-19(24)27-12-17(25)21-11-14-4-6-15(20)7-5-14/h3-8,10H,1,9,11-12H2,2H3,(H,21,25). The summed E-state index contributed by atoms with van der Waals surface area (Å²) in [6, 6.07) is 9.22. The second kappa shape index (κ2) is 8.92. The molecule has 140 valence electrons. The highest BCUT2D eigenvalue weighted by atomic mass is 35.5. The van der Waals surface area contributed by atoms with Crippen LogP contribution in [-0.4, -0.2) is 26.4 Å². The van der Waals surface area contributed by atoms with E-state index in [1.807, 2.05) is 29.7 Å². The average Bonchev–Trinajstić information content (AvgIpc) is 3.25. The van der Waals surface area contributed by atoms with Gasteiger partial charge in [0.1, 0.15) is 5.76 Å². The molecule has 0 aliphatic rings. The van der Waals surface area contributed by atoms with Gasteiger partial charge in [-0.25, -0.2) is 0 Å². The molecule has 1 aromatic carbocycles.